The predicted molar refractivity (Wildman–Crippen MR) is 132 cm³/mol. The smallest absolute Gasteiger partial charge is 0.425 e. The van der Waals surface area contributed by atoms with Gasteiger partial charge in [0.15, 0.2) is 10.8 Å². The lowest BCUT2D eigenvalue weighted by atomic mass is 10.0. The summed E-state index contributed by atoms with van der Waals surface area (Å²) in [6, 6.07) is 4.43. The number of amides is 2. The van der Waals surface area contributed by atoms with Gasteiger partial charge >= 0.3 is 12.1 Å². The first-order valence-electron chi connectivity index (χ1n) is 11.2. The van der Waals surface area contributed by atoms with Crippen molar-refractivity contribution in [1.29, 1.82) is 0 Å². The molecule has 0 aliphatic carbocycles. The molecule has 2 atom stereocenters. The van der Waals surface area contributed by atoms with Crippen LogP contribution in [0.3, 0.4) is 0 Å². The van der Waals surface area contributed by atoms with Crippen molar-refractivity contribution in [2.24, 2.45) is 5.16 Å². The minimum absolute atomic E-state index is 0.0349. The molecule has 12 nitrogen and oxygen atoms in total. The van der Waals surface area contributed by atoms with Crippen molar-refractivity contribution in [3.8, 4) is 0 Å². The van der Waals surface area contributed by atoms with Crippen LogP contribution in [0.25, 0.3) is 5.65 Å². The normalized spacial score (nSPS) is 19.6. The fraction of sp³-hybridized carbons (Fsp3) is 0.273. The first-order valence-corrected chi connectivity index (χ1v) is 13.1. The third kappa shape index (κ3) is 5.26. The highest BCUT2D eigenvalue weighted by atomic mass is 32.2. The molecule has 0 aromatic carbocycles. The van der Waals surface area contributed by atoms with Crippen LogP contribution in [0.1, 0.15) is 5.69 Å². The number of fused-ring (bicyclic) bond motifs is 2. The van der Waals surface area contributed by atoms with Gasteiger partial charge in [0.2, 0.25) is 6.61 Å². The second-order valence-electron chi connectivity index (χ2n) is 8.41. The molecule has 1 fully saturated rings. The van der Waals surface area contributed by atoms with Crippen molar-refractivity contribution in [3.05, 3.63) is 59.1 Å². The van der Waals surface area contributed by atoms with E-state index < -0.39 is 47.7 Å². The van der Waals surface area contributed by atoms with Crippen molar-refractivity contribution >= 4 is 57.4 Å². The second-order valence-corrected chi connectivity index (χ2v) is 10.4. The number of carbonyl (C=O) groups is 3. The van der Waals surface area contributed by atoms with E-state index in [1.807, 2.05) is 39.6 Å². The zero-order valence-electron chi connectivity index (χ0n) is 19.7. The van der Waals surface area contributed by atoms with E-state index in [2.05, 4.69) is 20.3 Å². The van der Waals surface area contributed by atoms with Crippen LogP contribution in [0, 0.1) is 0 Å². The molecular formula is C22H19F3N7O5S2+. The summed E-state index contributed by atoms with van der Waals surface area (Å²) < 4.78 is 41.3. The van der Waals surface area contributed by atoms with Gasteiger partial charge in [-0.05, 0) is 6.07 Å². The molecule has 0 bridgehead atoms. The van der Waals surface area contributed by atoms with Crippen LogP contribution in [0.2, 0.25) is 0 Å². The molecule has 204 valence electrons. The fourth-order valence-electron chi connectivity index (χ4n) is 4.17. The lowest BCUT2D eigenvalue weighted by Gasteiger charge is -2.49. The van der Waals surface area contributed by atoms with Crippen LogP contribution in [0.15, 0.2) is 58.6 Å². The number of pyridine rings is 1. The van der Waals surface area contributed by atoms with Crippen LogP contribution in [-0.2, 0) is 25.8 Å². The van der Waals surface area contributed by atoms with Crippen LogP contribution in [0.5, 0.6) is 0 Å². The third-order valence-electron chi connectivity index (χ3n) is 5.83. The van der Waals surface area contributed by atoms with E-state index in [0.29, 0.717) is 5.57 Å². The molecule has 4 N–H and O–H groups in total. The summed E-state index contributed by atoms with van der Waals surface area (Å²) in [6.45, 7) is -1.52. The van der Waals surface area contributed by atoms with E-state index in [4.69, 9.17) is 5.73 Å². The lowest BCUT2D eigenvalue weighted by Crippen LogP contribution is -2.71. The number of oxime groups is 1. The number of alkyl halides is 3. The number of carboxylic acids is 1. The number of halogens is 3. The number of nitrogens with zero attached hydrogens (tertiary/aromatic N) is 5. The Bertz CT molecular complexity index is 1530. The number of nitrogen functional groups attached to an aromatic ring is 1. The number of aromatic nitrogens is 3. The highest BCUT2D eigenvalue weighted by molar-refractivity contribution is 8.00. The highest BCUT2D eigenvalue weighted by Gasteiger charge is 2.54. The van der Waals surface area contributed by atoms with Gasteiger partial charge in [0.25, 0.3) is 17.5 Å². The molecule has 3 aromatic heterocycles. The zero-order chi connectivity index (χ0) is 27.9. The number of aliphatic carboxylic acids is 1. The summed E-state index contributed by atoms with van der Waals surface area (Å²) in [4.78, 5) is 47.5. The zero-order valence-corrected chi connectivity index (χ0v) is 21.3. The number of carboxylic acid groups (broad SMARTS) is 1. The Kier molecular flexibility index (Phi) is 6.94. The first kappa shape index (κ1) is 26.5. The maximum Gasteiger partial charge on any atom is 0.425 e. The topological polar surface area (TPSA) is 155 Å². The number of thiazole rings is 1. The van der Waals surface area contributed by atoms with E-state index in [1.54, 1.807) is 6.20 Å². The van der Waals surface area contributed by atoms with Crippen molar-refractivity contribution in [3.63, 3.8) is 0 Å². The largest absolute Gasteiger partial charge is 0.477 e. The molecule has 5 rings (SSSR count). The Morgan fingerprint density at radius 3 is 2.82 bits per heavy atom. The van der Waals surface area contributed by atoms with Gasteiger partial charge < -0.3 is 21.0 Å². The molecule has 3 aromatic rings. The van der Waals surface area contributed by atoms with Crippen LogP contribution in [0.4, 0.5) is 18.3 Å². The summed E-state index contributed by atoms with van der Waals surface area (Å²) in [7, 11) is 0. The van der Waals surface area contributed by atoms with E-state index >= 15 is 0 Å². The number of rotatable bonds is 8. The van der Waals surface area contributed by atoms with Crippen LogP contribution < -0.4 is 15.6 Å². The molecule has 2 aliphatic rings. The Morgan fingerprint density at radius 1 is 1.33 bits per heavy atom. The molecule has 2 amide bonds. The lowest BCUT2D eigenvalue weighted by molar-refractivity contribution is -0.662. The number of nitrogens with two attached hydrogens (primary N) is 1. The number of nitrogens with one attached hydrogen (secondary N) is 1. The van der Waals surface area contributed by atoms with Crippen molar-refractivity contribution < 1.29 is 42.1 Å². The molecular weight excluding hydrogens is 563 g/mol. The molecule has 0 spiro atoms. The first-order chi connectivity index (χ1) is 18.5. The Hall–Kier alpha value is -4.12. The SMILES string of the molecule is Nc1nc(/C(=N/OCC(F)(F)F)C(=O)N[C@@H]2C(=O)N3C(C(=O)O)=C(C[n+]4ccn5ccccc54)CS[C@@H]23)cs1. The van der Waals surface area contributed by atoms with Gasteiger partial charge in [-0.3, -0.25) is 14.5 Å². The minimum Gasteiger partial charge on any atom is -0.477 e. The minimum atomic E-state index is -4.70. The number of carbonyl (C=O) groups excluding carboxylic acids is 2. The van der Waals surface area contributed by atoms with E-state index in [-0.39, 0.29) is 28.8 Å². The average Bonchev–Trinajstić information content (AvgIpc) is 3.50. The summed E-state index contributed by atoms with van der Waals surface area (Å²) in [5.41, 5.74) is 5.98. The summed E-state index contributed by atoms with van der Waals surface area (Å²) in [5.74, 6) is -2.74. The van der Waals surface area contributed by atoms with Gasteiger partial charge in [-0.2, -0.15) is 13.2 Å². The maximum absolute atomic E-state index is 13.1. The maximum atomic E-state index is 13.1. The number of imidazole rings is 1. The molecule has 1 saturated heterocycles. The molecule has 5 heterocycles. The van der Waals surface area contributed by atoms with Crippen molar-refractivity contribution in [2.75, 3.05) is 18.1 Å². The van der Waals surface area contributed by atoms with Gasteiger partial charge in [0, 0.05) is 22.8 Å². The van der Waals surface area contributed by atoms with Crippen molar-refractivity contribution in [1.82, 2.24) is 19.6 Å². The molecule has 0 unspecified atom stereocenters. The number of thioether (sulfide) groups is 1. The van der Waals surface area contributed by atoms with Gasteiger partial charge in [0.05, 0.1) is 6.20 Å². The summed E-state index contributed by atoms with van der Waals surface area (Å²) in [5, 5.41) is 16.3. The van der Waals surface area contributed by atoms with Crippen LogP contribution >= 0.6 is 23.1 Å². The Morgan fingerprint density at radius 2 is 2.13 bits per heavy atom. The summed E-state index contributed by atoms with van der Waals surface area (Å²) >= 11 is 2.18. The third-order valence-corrected chi connectivity index (χ3v) is 7.84. The van der Waals surface area contributed by atoms with Crippen molar-refractivity contribution in [2.45, 2.75) is 24.1 Å². The van der Waals surface area contributed by atoms with E-state index in [0.717, 1.165) is 21.9 Å². The average molecular weight is 583 g/mol. The standard InChI is InChI=1S/C22H18F3N7O5S2/c23-22(24,25)10-37-29-14(12-9-39-21(26)27-12)17(33)28-15-18(34)32-16(20(35)36)11(8-38-19(15)32)7-31-6-5-30-4-2-1-3-13(30)31/h1-6,9,15,19H,7-8,10H2,(H3-,26,27,28,33,35,36)/p+1/b29-14-/t15-,19+/m1/s1. The van der Waals surface area contributed by atoms with Crippen LogP contribution in [-0.4, -0.2) is 72.8 Å². The number of anilines is 1. The highest BCUT2D eigenvalue weighted by Crippen LogP contribution is 2.40. The molecule has 17 heteroatoms. The quantitative estimate of drug-likeness (QED) is 0.154. The van der Waals surface area contributed by atoms with E-state index in [9.17, 15) is 32.7 Å². The Labute approximate surface area is 225 Å². The molecule has 2 aliphatic heterocycles. The predicted octanol–water partition coefficient (Wildman–Crippen LogP) is 0.987. The van der Waals surface area contributed by atoms with E-state index in [1.165, 1.54) is 17.1 Å². The van der Waals surface area contributed by atoms with Gasteiger partial charge in [-0.15, -0.1) is 23.1 Å². The van der Waals surface area contributed by atoms with Gasteiger partial charge in [-0.25, -0.2) is 18.7 Å². The number of β-lactam (4-membered cyclic amide) rings is 1. The molecule has 0 radical (unpaired) electrons. The number of hydrogen-bond acceptors (Lipinski definition) is 9. The second kappa shape index (κ2) is 10.2. The molecule has 39 heavy (non-hydrogen) atoms. The number of hydrogen-bond donors (Lipinski definition) is 3. The monoisotopic (exact) mass is 582 g/mol. The van der Waals surface area contributed by atoms with Gasteiger partial charge in [0.1, 0.15) is 41.7 Å². The fourth-order valence-corrected chi connectivity index (χ4v) is 6.05. The Balaban J connectivity index is 1.35. The van der Waals surface area contributed by atoms with Gasteiger partial charge in [-0.1, -0.05) is 11.2 Å². The molecule has 0 saturated carbocycles. The summed E-state index contributed by atoms with van der Waals surface area (Å²) in [6.07, 6.45) is 0.773.